The van der Waals surface area contributed by atoms with E-state index in [1.807, 2.05) is 0 Å². The molecule has 3 aromatic rings. The summed E-state index contributed by atoms with van der Waals surface area (Å²) >= 11 is 0. The normalized spacial score (nSPS) is 14.3. The second-order valence-electron chi connectivity index (χ2n) is 13.0. The molecule has 1 aliphatic rings. The highest BCUT2D eigenvalue weighted by atomic mass is 19.4. The van der Waals surface area contributed by atoms with Crippen LogP contribution in [0.5, 0.6) is 23.0 Å². The zero-order valence-corrected chi connectivity index (χ0v) is 29.5. The third-order valence-electron chi connectivity index (χ3n) is 8.25. The Kier molecular flexibility index (Phi) is 12.7. The maximum Gasteiger partial charge on any atom is 0.573 e. The molecule has 1 N–H and O–H groups in total. The number of Topliss-reactive ketones (excluding diaryl/α,β-unsaturated/α-hetero) is 1. The summed E-state index contributed by atoms with van der Waals surface area (Å²) in [6.45, 7) is 6.12. The number of methoxy groups -OCH3 is 3. The molecule has 1 saturated heterocycles. The maximum absolute atomic E-state index is 14.4. The van der Waals surface area contributed by atoms with Gasteiger partial charge in [0, 0.05) is 43.4 Å². The van der Waals surface area contributed by atoms with Crippen molar-refractivity contribution in [3.63, 3.8) is 0 Å². The van der Waals surface area contributed by atoms with Crippen molar-refractivity contribution in [2.24, 2.45) is 5.92 Å². The Morgan fingerprint density at radius 2 is 1.49 bits per heavy atom. The lowest BCUT2D eigenvalue weighted by atomic mass is 9.96. The number of likely N-dealkylation sites (tertiary alicyclic amines) is 1. The largest absolute Gasteiger partial charge is 0.573 e. The molecular formula is C37H44F3N3O8. The molecule has 1 heterocycles. The van der Waals surface area contributed by atoms with Gasteiger partial charge in [-0.05, 0) is 88.1 Å². The van der Waals surface area contributed by atoms with Crippen LogP contribution in [0.25, 0.3) is 0 Å². The molecular weight excluding hydrogens is 671 g/mol. The van der Waals surface area contributed by atoms with E-state index in [0.29, 0.717) is 48.7 Å². The van der Waals surface area contributed by atoms with Crippen molar-refractivity contribution in [3.8, 4) is 23.0 Å². The topological polar surface area (TPSA) is 116 Å². The molecule has 3 aromatic carbocycles. The molecule has 0 saturated carbocycles. The number of ketones is 1. The molecule has 276 valence electrons. The average molecular weight is 716 g/mol. The smallest absolute Gasteiger partial charge is 0.497 e. The predicted molar refractivity (Wildman–Crippen MR) is 184 cm³/mol. The first-order valence-electron chi connectivity index (χ1n) is 16.4. The SMILES string of the molecule is COc1ccc(C(=O)C(C(=O)NCC2CCN(C(=O)OC(C)(C)C)CC2)N(Cc2ccc(OC)cc2OC)c2ccccc2OC(F)(F)F)cc1. The van der Waals surface area contributed by atoms with Gasteiger partial charge in [0.15, 0.2) is 17.6 Å². The number of carbonyl (C=O) groups is 3. The molecule has 0 aliphatic carbocycles. The number of amides is 2. The maximum atomic E-state index is 14.4. The number of benzene rings is 3. The van der Waals surface area contributed by atoms with Gasteiger partial charge in [-0.25, -0.2) is 4.79 Å². The van der Waals surface area contributed by atoms with Crippen LogP contribution < -0.4 is 29.2 Å². The number of para-hydroxylation sites is 2. The number of piperidine rings is 1. The van der Waals surface area contributed by atoms with Crippen molar-refractivity contribution in [2.75, 3.05) is 45.9 Å². The Labute approximate surface area is 295 Å². The van der Waals surface area contributed by atoms with Crippen LogP contribution in [0.1, 0.15) is 49.5 Å². The summed E-state index contributed by atoms with van der Waals surface area (Å²) in [5, 5.41) is 2.88. The Balaban J connectivity index is 1.72. The van der Waals surface area contributed by atoms with Gasteiger partial charge < -0.3 is 38.8 Å². The number of hydrogen-bond donors (Lipinski definition) is 1. The van der Waals surface area contributed by atoms with E-state index in [4.69, 9.17) is 18.9 Å². The fourth-order valence-electron chi connectivity index (χ4n) is 5.69. The highest BCUT2D eigenvalue weighted by Crippen LogP contribution is 2.37. The number of halogens is 3. The third-order valence-corrected chi connectivity index (χ3v) is 8.25. The number of carbonyl (C=O) groups excluding carboxylic acids is 3. The second kappa shape index (κ2) is 16.7. The van der Waals surface area contributed by atoms with Crippen molar-refractivity contribution in [1.29, 1.82) is 0 Å². The summed E-state index contributed by atoms with van der Waals surface area (Å²) < 4.78 is 67.1. The van der Waals surface area contributed by atoms with E-state index in [-0.39, 0.29) is 30.3 Å². The number of ether oxygens (including phenoxy) is 5. The molecule has 0 bridgehead atoms. The molecule has 0 radical (unpaired) electrons. The van der Waals surface area contributed by atoms with Crippen LogP contribution in [0, 0.1) is 5.92 Å². The van der Waals surface area contributed by atoms with Crippen LogP contribution in [0.3, 0.4) is 0 Å². The zero-order valence-electron chi connectivity index (χ0n) is 29.5. The third kappa shape index (κ3) is 10.7. The quantitative estimate of drug-likeness (QED) is 0.154. The standard InChI is InChI=1S/C37H44F3N3O8/c1-36(2,3)51-35(46)42-19-17-24(18-20-42)22-41-34(45)32(33(44)25-11-14-27(47-4)15-12-25)43(23-26-13-16-28(48-5)21-31(26)49-6)29-9-7-8-10-30(29)50-37(38,39)40/h7-16,21,24,32H,17-20,22-23H2,1-6H3,(H,41,45). The van der Waals surface area contributed by atoms with Crippen LogP contribution in [-0.2, 0) is 16.1 Å². The monoisotopic (exact) mass is 715 g/mol. The zero-order chi connectivity index (χ0) is 37.3. The van der Waals surface area contributed by atoms with Crippen LogP contribution >= 0.6 is 0 Å². The van der Waals surface area contributed by atoms with E-state index < -0.39 is 41.5 Å². The molecule has 0 aromatic heterocycles. The van der Waals surface area contributed by atoms with Crippen LogP contribution in [0.2, 0.25) is 0 Å². The van der Waals surface area contributed by atoms with E-state index in [2.05, 4.69) is 10.1 Å². The molecule has 1 atom stereocenters. The molecule has 4 rings (SSSR count). The van der Waals surface area contributed by atoms with Gasteiger partial charge in [0.25, 0.3) is 5.91 Å². The highest BCUT2D eigenvalue weighted by Gasteiger charge is 2.39. The first-order valence-corrected chi connectivity index (χ1v) is 16.4. The summed E-state index contributed by atoms with van der Waals surface area (Å²) in [5.74, 6) is -0.809. The average Bonchev–Trinajstić information content (AvgIpc) is 3.09. The first-order chi connectivity index (χ1) is 24.1. The molecule has 0 spiro atoms. The number of rotatable bonds is 13. The van der Waals surface area contributed by atoms with Crippen molar-refractivity contribution in [2.45, 2.75) is 58.2 Å². The van der Waals surface area contributed by atoms with Crippen LogP contribution in [0.4, 0.5) is 23.7 Å². The number of hydrogen-bond acceptors (Lipinski definition) is 9. The molecule has 51 heavy (non-hydrogen) atoms. The number of nitrogens with one attached hydrogen (secondary N) is 1. The van der Waals surface area contributed by atoms with E-state index in [0.717, 1.165) is 6.07 Å². The fourth-order valence-corrected chi connectivity index (χ4v) is 5.69. The summed E-state index contributed by atoms with van der Waals surface area (Å²) in [6, 6.07) is 14.6. The lowest BCUT2D eigenvalue weighted by molar-refractivity contribution is -0.274. The van der Waals surface area contributed by atoms with Gasteiger partial charge in [0.05, 0.1) is 27.0 Å². The summed E-state index contributed by atoms with van der Waals surface area (Å²) in [7, 11) is 4.36. The van der Waals surface area contributed by atoms with Gasteiger partial charge >= 0.3 is 12.5 Å². The summed E-state index contributed by atoms with van der Waals surface area (Å²) in [4.78, 5) is 44.2. The number of alkyl halides is 3. The Hall–Kier alpha value is -5.14. The highest BCUT2D eigenvalue weighted by molar-refractivity contribution is 6.16. The van der Waals surface area contributed by atoms with Crippen molar-refractivity contribution >= 4 is 23.5 Å². The van der Waals surface area contributed by atoms with E-state index in [1.54, 1.807) is 56.0 Å². The molecule has 11 nitrogen and oxygen atoms in total. The first kappa shape index (κ1) is 38.7. The molecule has 14 heteroatoms. The van der Waals surface area contributed by atoms with E-state index >= 15 is 0 Å². The molecule has 1 unspecified atom stereocenters. The van der Waals surface area contributed by atoms with Crippen molar-refractivity contribution in [1.82, 2.24) is 10.2 Å². The number of nitrogens with zero attached hydrogens (tertiary/aromatic N) is 2. The Bertz CT molecular complexity index is 1650. The molecule has 1 fully saturated rings. The van der Waals surface area contributed by atoms with Crippen molar-refractivity contribution < 1.29 is 51.2 Å². The van der Waals surface area contributed by atoms with Gasteiger partial charge in [-0.1, -0.05) is 12.1 Å². The minimum Gasteiger partial charge on any atom is -0.497 e. The second-order valence-corrected chi connectivity index (χ2v) is 13.0. The van der Waals surface area contributed by atoms with Crippen molar-refractivity contribution in [3.05, 3.63) is 77.9 Å². The van der Waals surface area contributed by atoms with Gasteiger partial charge in [0.1, 0.15) is 22.8 Å². The summed E-state index contributed by atoms with van der Waals surface area (Å²) in [5.41, 5.74) is -0.211. The van der Waals surface area contributed by atoms with Gasteiger partial charge in [-0.2, -0.15) is 0 Å². The minimum absolute atomic E-state index is 0.0413. The Morgan fingerprint density at radius 3 is 2.08 bits per heavy atom. The number of anilines is 1. The van der Waals surface area contributed by atoms with Gasteiger partial charge in [-0.15, -0.1) is 13.2 Å². The fraction of sp³-hybridized carbons (Fsp3) is 0.432. The summed E-state index contributed by atoms with van der Waals surface area (Å²) in [6.07, 6.45) is -4.36. The van der Waals surface area contributed by atoms with E-state index in [9.17, 15) is 27.6 Å². The molecule has 1 aliphatic heterocycles. The van der Waals surface area contributed by atoms with Gasteiger partial charge in [-0.3, -0.25) is 9.59 Å². The van der Waals surface area contributed by atoms with E-state index in [1.165, 1.54) is 56.6 Å². The lowest BCUT2D eigenvalue weighted by Gasteiger charge is -2.35. The van der Waals surface area contributed by atoms with Crippen LogP contribution in [-0.4, -0.2) is 81.7 Å². The Morgan fingerprint density at radius 1 is 0.863 bits per heavy atom. The van der Waals surface area contributed by atoms with Crippen LogP contribution in [0.15, 0.2) is 66.7 Å². The lowest BCUT2D eigenvalue weighted by Crippen LogP contribution is -2.53. The molecule has 2 amide bonds. The van der Waals surface area contributed by atoms with Gasteiger partial charge in [0.2, 0.25) is 0 Å². The predicted octanol–water partition coefficient (Wildman–Crippen LogP) is 6.63. The minimum atomic E-state index is -5.06.